The van der Waals surface area contributed by atoms with E-state index in [1.165, 1.54) is 6.42 Å². The molecule has 0 saturated carbocycles. The van der Waals surface area contributed by atoms with Crippen LogP contribution in [0.3, 0.4) is 0 Å². The van der Waals surface area contributed by atoms with Crippen molar-refractivity contribution < 1.29 is 77.8 Å². The Balaban J connectivity index is -0.000000117. The first-order chi connectivity index (χ1) is 52.9. The first-order valence-corrected chi connectivity index (χ1v) is 49.4. The number of sulfone groups is 2. The Morgan fingerprint density at radius 1 is 0.342 bits per heavy atom. The molecule has 0 atom stereocenters. The second-order valence-corrected chi connectivity index (χ2v) is 45.4. The monoisotopic (exact) mass is 1740 g/mol. The quantitative estimate of drug-likeness (QED) is 0.0245. The van der Waals surface area contributed by atoms with Crippen LogP contribution >= 0.6 is 0 Å². The van der Waals surface area contributed by atoms with Crippen LogP contribution < -0.4 is 31.3 Å². The highest BCUT2D eigenvalue weighted by Crippen LogP contribution is 2.12. The smallest absolute Gasteiger partial charge is 0.407 e. The van der Waals surface area contributed by atoms with E-state index >= 15 is 0 Å². The highest BCUT2D eigenvalue weighted by Gasteiger charge is 2.18. The number of amides is 5. The number of esters is 1. The maximum atomic E-state index is 11.3. The fraction of sp³-hybridized carbons (Fsp3) is 0.923. The van der Waals surface area contributed by atoms with Crippen LogP contribution in [0.25, 0.3) is 0 Å². The molecule has 0 bridgehead atoms. The summed E-state index contributed by atoms with van der Waals surface area (Å²) in [4.78, 5) is 76.5. The molecule has 0 aromatic heterocycles. The van der Waals surface area contributed by atoms with Crippen LogP contribution in [-0.4, -0.2) is 164 Å². The van der Waals surface area contributed by atoms with Gasteiger partial charge in [0.25, 0.3) is 0 Å². The minimum absolute atomic E-state index is 0.0197. The Kier molecular flexibility index (Phi) is 96.3. The lowest BCUT2D eigenvalue weighted by molar-refractivity contribution is -0.148. The molecular formula is C91H196N6O17S3. The van der Waals surface area contributed by atoms with Crippen molar-refractivity contribution in [3.8, 4) is 0 Å². The molecule has 0 unspecified atom stereocenters. The van der Waals surface area contributed by atoms with Gasteiger partial charge in [-0.1, -0.05) is 208 Å². The molecule has 0 aliphatic rings. The lowest BCUT2D eigenvalue weighted by Crippen LogP contribution is -2.40. The van der Waals surface area contributed by atoms with Gasteiger partial charge >= 0.3 is 24.2 Å². The van der Waals surface area contributed by atoms with Crippen molar-refractivity contribution in [1.82, 2.24) is 31.3 Å². The summed E-state index contributed by atoms with van der Waals surface area (Å²) in [6.45, 7) is 91.5. The van der Waals surface area contributed by atoms with E-state index in [-0.39, 0.29) is 82.6 Å². The summed E-state index contributed by atoms with van der Waals surface area (Å²) >= 11 is 0. The number of ketones is 2. The predicted molar refractivity (Wildman–Crippen MR) is 500 cm³/mol. The summed E-state index contributed by atoms with van der Waals surface area (Å²) in [6, 6.07) is 0.283. The molecule has 6 N–H and O–H groups in total. The van der Waals surface area contributed by atoms with Gasteiger partial charge in [0.05, 0.1) is 52.7 Å². The van der Waals surface area contributed by atoms with E-state index in [0.717, 1.165) is 70.6 Å². The SMILES string of the molecule is CC(C)CC(=O)CC(C)C.CC(C)CC(=O)OC(C)C.CC(C)CCC(=O)C(C)C.CC(C)CCNS(=O)(=O)C(C)C.CC(C)CCOC(C)C.CC(C)CCS(=O)(=O)C(C)C.CC(C)CCS(=O)(=O)CC(C)C.CC(C)CNC(=O)C(C)C.CC(C)CNC(=O)NC(C)C.CC(C)CNC(=O)OC(C)C.CC(C)COC(=O)NC(C)C. The Morgan fingerprint density at radius 2 is 0.735 bits per heavy atom. The molecule has 0 saturated heterocycles. The van der Waals surface area contributed by atoms with Gasteiger partial charge in [0.15, 0.2) is 19.7 Å². The van der Waals surface area contributed by atoms with Crippen LogP contribution in [-0.2, 0) is 67.8 Å². The van der Waals surface area contributed by atoms with E-state index in [1.807, 2.05) is 166 Å². The number of Topliss-reactive ketones (excluding diaryl/α,β-unsaturated/α-hetero) is 2. The molecule has 26 heteroatoms. The van der Waals surface area contributed by atoms with E-state index in [4.69, 9.17) is 18.9 Å². The maximum absolute atomic E-state index is 11.3. The summed E-state index contributed by atoms with van der Waals surface area (Å²) in [6.07, 6.45) is 7.18. The van der Waals surface area contributed by atoms with Crippen molar-refractivity contribution in [2.45, 2.75) is 403 Å². The number of nitrogens with one attached hydrogen (secondary N) is 6. The topological polar surface area (TPSA) is 331 Å². The molecule has 0 fully saturated rings. The van der Waals surface area contributed by atoms with Gasteiger partial charge in [-0.05, 0) is 206 Å². The van der Waals surface area contributed by atoms with E-state index < -0.39 is 29.7 Å². The highest BCUT2D eigenvalue weighted by atomic mass is 32.2. The third-order valence-electron chi connectivity index (χ3n) is 14.2. The molecule has 0 aliphatic carbocycles. The Hall–Kier alpha value is -4.14. The fourth-order valence-electron chi connectivity index (χ4n) is 7.38. The molecule has 710 valence electrons. The van der Waals surface area contributed by atoms with Crippen LogP contribution in [0.4, 0.5) is 14.4 Å². The molecule has 0 aliphatic heterocycles. The second kappa shape index (κ2) is 82.8. The molecule has 5 amide bonds. The zero-order valence-corrected chi connectivity index (χ0v) is 86.5. The number of carbonyl (C=O) groups is 7. The number of urea groups is 1. The van der Waals surface area contributed by atoms with Gasteiger partial charge in [-0.15, -0.1) is 0 Å². The highest BCUT2D eigenvalue weighted by molar-refractivity contribution is 7.92. The number of hydrogen-bond acceptors (Lipinski definition) is 17. The van der Waals surface area contributed by atoms with Crippen LogP contribution in [0.2, 0.25) is 0 Å². The fourth-order valence-corrected chi connectivity index (χ4v) is 11.4. The van der Waals surface area contributed by atoms with Gasteiger partial charge < -0.3 is 45.5 Å². The Morgan fingerprint density at radius 3 is 1.05 bits per heavy atom. The van der Waals surface area contributed by atoms with Gasteiger partial charge in [0, 0.05) is 82.4 Å². The summed E-state index contributed by atoms with van der Waals surface area (Å²) in [5.74, 6) is 8.73. The summed E-state index contributed by atoms with van der Waals surface area (Å²) in [7, 11) is -8.61. The lowest BCUT2D eigenvalue weighted by atomic mass is 10.00. The molecule has 0 spiro atoms. The number of ether oxygens (including phenoxy) is 4. The Labute approximate surface area is 725 Å². The van der Waals surface area contributed by atoms with Crippen molar-refractivity contribution in [2.24, 2.45) is 88.8 Å². The van der Waals surface area contributed by atoms with E-state index in [9.17, 15) is 58.8 Å². The van der Waals surface area contributed by atoms with Crippen molar-refractivity contribution in [1.29, 1.82) is 0 Å². The summed E-state index contributed by atoms with van der Waals surface area (Å²) < 4.78 is 90.1. The van der Waals surface area contributed by atoms with Gasteiger partial charge in [0.2, 0.25) is 15.9 Å². The average Bonchev–Trinajstić information content (AvgIpc) is 0.912. The lowest BCUT2D eigenvalue weighted by Gasteiger charge is -2.11. The summed E-state index contributed by atoms with van der Waals surface area (Å²) in [5, 5.41) is 13.1. The van der Waals surface area contributed by atoms with E-state index in [1.54, 1.807) is 27.7 Å². The first-order valence-electron chi connectivity index (χ1n) is 44.3. The molecule has 0 aromatic carbocycles. The predicted octanol–water partition coefficient (Wildman–Crippen LogP) is 21.4. The van der Waals surface area contributed by atoms with Crippen LogP contribution in [0.1, 0.15) is 362 Å². The van der Waals surface area contributed by atoms with E-state index in [0.29, 0.717) is 126 Å². The van der Waals surface area contributed by atoms with Crippen LogP contribution in [0.5, 0.6) is 0 Å². The van der Waals surface area contributed by atoms with Crippen molar-refractivity contribution in [3.63, 3.8) is 0 Å². The van der Waals surface area contributed by atoms with Crippen LogP contribution in [0, 0.1) is 88.8 Å². The molecule has 0 rings (SSSR count). The van der Waals surface area contributed by atoms with Crippen molar-refractivity contribution in [3.05, 3.63) is 0 Å². The van der Waals surface area contributed by atoms with Crippen LogP contribution in [0.15, 0.2) is 0 Å². The maximum Gasteiger partial charge on any atom is 0.407 e. The van der Waals surface area contributed by atoms with E-state index in [2.05, 4.69) is 142 Å². The molecule has 117 heavy (non-hydrogen) atoms. The second-order valence-electron chi connectivity index (χ2n) is 38.2. The normalized spacial score (nSPS) is 11.3. The Bertz CT molecular complexity index is 2530. The largest absolute Gasteiger partial charge is 0.463 e. The van der Waals surface area contributed by atoms with Gasteiger partial charge in [-0.25, -0.2) is 44.4 Å². The van der Waals surface area contributed by atoms with Crippen molar-refractivity contribution >= 4 is 71.4 Å². The zero-order valence-electron chi connectivity index (χ0n) is 84.1. The van der Waals surface area contributed by atoms with Gasteiger partial charge in [-0.3, -0.25) is 19.2 Å². The van der Waals surface area contributed by atoms with Gasteiger partial charge in [-0.2, -0.15) is 0 Å². The first kappa shape index (κ1) is 136. The van der Waals surface area contributed by atoms with Crippen molar-refractivity contribution in [2.75, 3.05) is 56.7 Å². The van der Waals surface area contributed by atoms with Gasteiger partial charge in [0.1, 0.15) is 11.6 Å². The number of carbonyl (C=O) groups excluding carboxylic acids is 7. The number of hydrogen-bond donors (Lipinski definition) is 6. The number of rotatable bonds is 41. The molecule has 0 radical (unpaired) electrons. The standard InChI is InChI=1S/C9H20O2S.2C9H18O.C8H18N2O.C8H19NO2S.2C8H17NO2.C8H17NO.C8H18O2S.C8H16O2.C8H18O/c1-8(2)5-6-12(10,11)7-9(3)4;1-7(2)5-9(10)6-8(3)4;1-7(2)5-6-9(10)8(3)4;1-6(2)5-9-8(11)10-7(3)4;1-7(2)5-6-9-12(10,11)8(3)4;1-6(2)5-11-8(10)9-7(3)4;1-6(2)5-9-8(10)11-7(3)4;1-6(2)5-9-8(10)7(3)4;1-7(2)5-6-11(9,10)8(3)4;1-6(2)5-8(9)10-7(3)4;1-7(2)5-6-9-8(3)4/h8-9H,5-7H2,1-4H3;2*7-8H,5-6H2,1-4H3;6-7H,5H2,1-4H3,(H2,9,10,11);7-9H,5-6H2,1-4H3;2*6-7H,5H2,1-4H3,(H,9,10);6-7H,5H2,1-4H3,(H,9,10);7-8H,5-6H2,1-4H3;6-7H,5H2,1-4H3;7-8H,5-6H2,1-4H3. The molecular weight excluding hydrogens is 1550 g/mol. The third-order valence-corrected chi connectivity index (χ3v) is 20.3. The summed E-state index contributed by atoms with van der Waals surface area (Å²) in [5.41, 5.74) is 0. The number of alkyl carbamates (subject to hydrolysis) is 2. The zero-order chi connectivity index (χ0) is 95.0. The minimum Gasteiger partial charge on any atom is -0.463 e. The number of sulfonamides is 1. The molecule has 0 heterocycles. The molecule has 0 aromatic rings. The minimum atomic E-state index is -3.04. The third kappa shape index (κ3) is 138. The molecule has 23 nitrogen and oxygen atoms in total. The average molecular weight is 1740 g/mol.